The van der Waals surface area contributed by atoms with Crippen LogP contribution in [0.5, 0.6) is 0 Å². The first-order chi connectivity index (χ1) is 8.15. The smallest absolute Gasteiger partial charge is 0.237 e. The maximum absolute atomic E-state index is 11.9. The number of hydrogen-bond acceptors (Lipinski definition) is 3. The molecular weight excluding hydrogens is 234 g/mol. The number of nitrogens with one attached hydrogen (secondary N) is 1. The second kappa shape index (κ2) is 3.88. The fraction of sp³-hybridized carbons (Fsp3) is 0.385. The van der Waals surface area contributed by atoms with Crippen LogP contribution in [0.15, 0.2) is 23.1 Å². The van der Waals surface area contributed by atoms with Crippen LogP contribution < -0.4 is 5.32 Å². The molecule has 4 heteroatoms. The fourth-order valence-corrected chi connectivity index (χ4v) is 2.87. The Kier molecular flexibility index (Phi) is 2.47. The molecule has 2 aliphatic rings. The van der Waals surface area contributed by atoms with Gasteiger partial charge in [0.15, 0.2) is 5.78 Å². The van der Waals surface area contributed by atoms with Gasteiger partial charge in [-0.3, -0.25) is 9.59 Å². The lowest BCUT2D eigenvalue weighted by Gasteiger charge is -2.21. The summed E-state index contributed by atoms with van der Waals surface area (Å²) in [6.45, 7) is 1.88. The van der Waals surface area contributed by atoms with Crippen molar-refractivity contribution in [2.45, 2.75) is 29.9 Å². The number of benzene rings is 1. The zero-order chi connectivity index (χ0) is 12.0. The summed E-state index contributed by atoms with van der Waals surface area (Å²) in [7, 11) is 0. The van der Waals surface area contributed by atoms with Crippen molar-refractivity contribution in [2.75, 3.05) is 5.32 Å². The van der Waals surface area contributed by atoms with Gasteiger partial charge in [0, 0.05) is 16.4 Å². The lowest BCUT2D eigenvalue weighted by atomic mass is 10.1. The highest BCUT2D eigenvalue weighted by atomic mass is 32.2. The van der Waals surface area contributed by atoms with E-state index < -0.39 is 0 Å². The topological polar surface area (TPSA) is 46.2 Å². The van der Waals surface area contributed by atoms with Gasteiger partial charge < -0.3 is 5.32 Å². The van der Waals surface area contributed by atoms with Crippen LogP contribution in [0.1, 0.15) is 30.1 Å². The summed E-state index contributed by atoms with van der Waals surface area (Å²) >= 11 is 1.54. The third-order valence-electron chi connectivity index (χ3n) is 3.14. The molecule has 1 saturated carbocycles. The molecule has 1 aromatic rings. The van der Waals surface area contributed by atoms with Gasteiger partial charge >= 0.3 is 0 Å². The zero-order valence-electron chi connectivity index (χ0n) is 9.53. The van der Waals surface area contributed by atoms with Gasteiger partial charge in [0.05, 0.1) is 10.9 Å². The van der Waals surface area contributed by atoms with Gasteiger partial charge in [-0.05, 0) is 31.9 Å². The van der Waals surface area contributed by atoms with Crippen molar-refractivity contribution in [3.63, 3.8) is 0 Å². The summed E-state index contributed by atoms with van der Waals surface area (Å²) in [6, 6.07) is 5.62. The Balaban J connectivity index is 1.93. The molecule has 0 radical (unpaired) electrons. The molecule has 1 aliphatic carbocycles. The summed E-state index contributed by atoms with van der Waals surface area (Å²) < 4.78 is 0. The van der Waals surface area contributed by atoms with Gasteiger partial charge in [0.2, 0.25) is 5.91 Å². The minimum atomic E-state index is -0.0625. The Bertz CT molecular complexity index is 508. The van der Waals surface area contributed by atoms with Crippen LogP contribution in [0.4, 0.5) is 5.69 Å². The van der Waals surface area contributed by atoms with Crippen molar-refractivity contribution in [3.05, 3.63) is 23.8 Å². The highest BCUT2D eigenvalue weighted by Gasteiger charge is 2.31. The van der Waals surface area contributed by atoms with Crippen LogP contribution in [-0.2, 0) is 4.79 Å². The lowest BCUT2D eigenvalue weighted by molar-refractivity contribution is -0.115. The van der Waals surface area contributed by atoms with E-state index in [1.165, 1.54) is 0 Å². The molecule has 1 N–H and O–H groups in total. The first-order valence-corrected chi connectivity index (χ1v) is 6.69. The molecule has 1 amide bonds. The Morgan fingerprint density at radius 3 is 2.88 bits per heavy atom. The molecule has 1 aliphatic heterocycles. The molecule has 17 heavy (non-hydrogen) atoms. The van der Waals surface area contributed by atoms with Gasteiger partial charge in [-0.1, -0.05) is 6.07 Å². The van der Waals surface area contributed by atoms with Crippen molar-refractivity contribution in [2.24, 2.45) is 5.92 Å². The monoisotopic (exact) mass is 247 g/mol. The van der Waals surface area contributed by atoms with Crippen LogP contribution in [0, 0.1) is 5.92 Å². The van der Waals surface area contributed by atoms with Crippen LogP contribution in [0.3, 0.4) is 0 Å². The molecule has 1 heterocycles. The number of hydrogen-bond donors (Lipinski definition) is 1. The Morgan fingerprint density at radius 1 is 1.41 bits per heavy atom. The van der Waals surface area contributed by atoms with E-state index in [1.807, 2.05) is 25.1 Å². The molecular formula is C13H13NO2S. The lowest BCUT2D eigenvalue weighted by Crippen LogP contribution is -2.26. The van der Waals surface area contributed by atoms with E-state index in [0.717, 1.165) is 29.0 Å². The molecule has 1 fully saturated rings. The minimum absolute atomic E-state index is 0.0125. The third-order valence-corrected chi connectivity index (χ3v) is 4.32. The molecule has 3 nitrogen and oxygen atoms in total. The Morgan fingerprint density at radius 2 is 2.18 bits per heavy atom. The number of Topliss-reactive ketones (excluding diaryl/α,β-unsaturated/α-hetero) is 1. The number of amides is 1. The molecule has 3 rings (SSSR count). The summed E-state index contributed by atoms with van der Waals surface area (Å²) in [6.07, 6.45) is 2.02. The number of carbonyl (C=O) groups is 2. The summed E-state index contributed by atoms with van der Waals surface area (Å²) in [5, 5.41) is 2.79. The molecule has 1 unspecified atom stereocenters. The second-order valence-corrected chi connectivity index (χ2v) is 5.98. The predicted molar refractivity (Wildman–Crippen MR) is 67.4 cm³/mol. The van der Waals surface area contributed by atoms with E-state index in [4.69, 9.17) is 0 Å². The van der Waals surface area contributed by atoms with Crippen LogP contribution in [-0.4, -0.2) is 16.9 Å². The average molecular weight is 247 g/mol. The summed E-state index contributed by atoms with van der Waals surface area (Å²) in [5.41, 5.74) is 1.51. The normalized spacial score (nSPS) is 22.9. The number of carbonyl (C=O) groups excluding carboxylic acids is 2. The zero-order valence-corrected chi connectivity index (χ0v) is 10.3. The van der Waals surface area contributed by atoms with Crippen LogP contribution in [0.25, 0.3) is 0 Å². The Hall–Kier alpha value is -1.29. The van der Waals surface area contributed by atoms with Gasteiger partial charge in [0.25, 0.3) is 0 Å². The van der Waals surface area contributed by atoms with Crippen molar-refractivity contribution in [1.82, 2.24) is 0 Å². The minimum Gasteiger partial charge on any atom is -0.324 e. The largest absolute Gasteiger partial charge is 0.324 e. The molecule has 88 valence electrons. The van der Waals surface area contributed by atoms with Gasteiger partial charge in [-0.2, -0.15) is 0 Å². The van der Waals surface area contributed by atoms with E-state index in [9.17, 15) is 9.59 Å². The molecule has 0 aromatic heterocycles. The van der Waals surface area contributed by atoms with Gasteiger partial charge in [-0.25, -0.2) is 0 Å². The first-order valence-electron chi connectivity index (χ1n) is 5.81. The summed E-state index contributed by atoms with van der Waals surface area (Å²) in [4.78, 5) is 24.5. The van der Waals surface area contributed by atoms with E-state index in [2.05, 4.69) is 5.32 Å². The molecule has 0 bridgehead atoms. The second-order valence-electron chi connectivity index (χ2n) is 4.60. The van der Waals surface area contributed by atoms with Crippen molar-refractivity contribution in [1.29, 1.82) is 0 Å². The van der Waals surface area contributed by atoms with Gasteiger partial charge in [-0.15, -0.1) is 11.8 Å². The number of rotatable bonds is 2. The van der Waals surface area contributed by atoms with E-state index in [1.54, 1.807) is 11.8 Å². The highest BCUT2D eigenvalue weighted by molar-refractivity contribution is 8.00. The molecule has 0 saturated heterocycles. The number of ketones is 1. The van der Waals surface area contributed by atoms with Crippen LogP contribution in [0.2, 0.25) is 0 Å². The van der Waals surface area contributed by atoms with Crippen molar-refractivity contribution in [3.8, 4) is 0 Å². The maximum atomic E-state index is 11.9. The quantitative estimate of drug-likeness (QED) is 0.817. The number of anilines is 1. The maximum Gasteiger partial charge on any atom is 0.237 e. The van der Waals surface area contributed by atoms with Crippen molar-refractivity contribution >= 4 is 29.1 Å². The van der Waals surface area contributed by atoms with E-state index in [-0.39, 0.29) is 22.9 Å². The number of thioether (sulfide) groups is 1. The highest BCUT2D eigenvalue weighted by Crippen LogP contribution is 2.38. The molecule has 1 atom stereocenters. The summed E-state index contributed by atoms with van der Waals surface area (Å²) in [5.74, 6) is 0.447. The van der Waals surface area contributed by atoms with Crippen molar-refractivity contribution < 1.29 is 9.59 Å². The van der Waals surface area contributed by atoms with E-state index >= 15 is 0 Å². The SMILES string of the molecule is CC1Sc2ccc(C(=O)C3CC3)cc2NC1=O. The number of fused-ring (bicyclic) bond motifs is 1. The standard InChI is InChI=1S/C13H13NO2S/c1-7-13(16)14-10-6-9(4-5-11(10)17-7)12(15)8-2-3-8/h4-8H,2-3H2,1H3,(H,14,16). The fourth-order valence-electron chi connectivity index (χ4n) is 1.94. The third kappa shape index (κ3) is 1.97. The van der Waals surface area contributed by atoms with Gasteiger partial charge in [0.1, 0.15) is 0 Å². The molecule has 1 aromatic carbocycles. The van der Waals surface area contributed by atoms with Crippen LogP contribution >= 0.6 is 11.8 Å². The molecule has 0 spiro atoms. The average Bonchev–Trinajstić information content (AvgIpc) is 3.13. The van der Waals surface area contributed by atoms with E-state index in [0.29, 0.717) is 0 Å². The predicted octanol–water partition coefficient (Wildman–Crippen LogP) is 2.71. The first kappa shape index (κ1) is 10.8. The Labute approximate surface area is 104 Å².